The summed E-state index contributed by atoms with van der Waals surface area (Å²) in [5.74, 6) is 0.728. The molecule has 1 aromatic heterocycles. The van der Waals surface area contributed by atoms with Gasteiger partial charge in [0, 0.05) is 48.8 Å². The van der Waals surface area contributed by atoms with Gasteiger partial charge in [-0.05, 0) is 6.42 Å². The summed E-state index contributed by atoms with van der Waals surface area (Å²) in [4.78, 5) is 7.17. The van der Waals surface area contributed by atoms with Crippen LogP contribution in [0, 0.1) is 11.3 Å². The number of aromatic nitrogens is 2. The molecule has 0 radical (unpaired) electrons. The van der Waals surface area contributed by atoms with E-state index in [0.717, 1.165) is 25.5 Å². The molecular formula is C13H21N3O. The van der Waals surface area contributed by atoms with Gasteiger partial charge in [-0.3, -0.25) is 0 Å². The second-order valence-electron chi connectivity index (χ2n) is 5.82. The first kappa shape index (κ1) is 11.2. The molecule has 4 nitrogen and oxygen atoms in total. The van der Waals surface area contributed by atoms with Gasteiger partial charge in [-0.25, -0.2) is 4.98 Å². The molecule has 1 saturated heterocycles. The second kappa shape index (κ2) is 4.10. The molecule has 4 heteroatoms. The zero-order chi connectivity index (χ0) is 11.9. The predicted molar refractivity (Wildman–Crippen MR) is 65.7 cm³/mol. The van der Waals surface area contributed by atoms with Gasteiger partial charge in [0.05, 0.1) is 12.4 Å². The minimum atomic E-state index is 0.287. The number of fused-ring (bicyclic) bond motifs is 1. The smallest absolute Gasteiger partial charge is 0.0921 e. The molecule has 2 N–H and O–H groups in total. The lowest BCUT2D eigenvalue weighted by Gasteiger charge is -2.55. The second-order valence-corrected chi connectivity index (χ2v) is 5.82. The fraction of sp³-hybridized carbons (Fsp3) is 0.769. The number of H-pyrrole nitrogens is 1. The summed E-state index contributed by atoms with van der Waals surface area (Å²) in [6.45, 7) is 6.58. The number of hydrogen-bond acceptors (Lipinski definition) is 3. The average Bonchev–Trinajstić information content (AvgIpc) is 2.94. The van der Waals surface area contributed by atoms with E-state index >= 15 is 0 Å². The van der Waals surface area contributed by atoms with Crippen LogP contribution in [0.1, 0.15) is 26.0 Å². The fourth-order valence-electron chi connectivity index (χ4n) is 3.52. The van der Waals surface area contributed by atoms with Crippen molar-refractivity contribution >= 4 is 0 Å². The minimum Gasteiger partial charge on any atom is -0.377 e. The number of aromatic amines is 1. The Labute approximate surface area is 102 Å². The first-order valence-corrected chi connectivity index (χ1v) is 6.52. The third-order valence-electron chi connectivity index (χ3n) is 4.41. The van der Waals surface area contributed by atoms with Gasteiger partial charge in [0.25, 0.3) is 0 Å². The van der Waals surface area contributed by atoms with Crippen LogP contribution < -0.4 is 5.32 Å². The van der Waals surface area contributed by atoms with Crippen LogP contribution in [0.3, 0.4) is 0 Å². The monoisotopic (exact) mass is 235 g/mol. The van der Waals surface area contributed by atoms with E-state index in [1.54, 1.807) is 6.33 Å². The first-order valence-electron chi connectivity index (χ1n) is 6.52. The highest BCUT2D eigenvalue weighted by Crippen LogP contribution is 2.51. The molecule has 1 aromatic rings. The molecular weight excluding hydrogens is 214 g/mol. The molecule has 0 spiro atoms. The van der Waals surface area contributed by atoms with Crippen LogP contribution in [0.2, 0.25) is 0 Å². The Balaban J connectivity index is 1.52. The maximum absolute atomic E-state index is 5.79. The number of rotatable bonds is 4. The largest absolute Gasteiger partial charge is 0.377 e. The standard InChI is InChI=1S/C13H21N3O/c1-13(2)11(10-4-6-17-12(10)13)15-5-3-9-7-14-8-16-9/h7-8,10-12,15H,3-6H2,1-2H3,(H,14,16). The Morgan fingerprint density at radius 2 is 2.47 bits per heavy atom. The highest BCUT2D eigenvalue weighted by atomic mass is 16.5. The third-order valence-corrected chi connectivity index (χ3v) is 4.41. The van der Waals surface area contributed by atoms with E-state index in [1.165, 1.54) is 12.1 Å². The topological polar surface area (TPSA) is 49.9 Å². The summed E-state index contributed by atoms with van der Waals surface area (Å²) in [7, 11) is 0. The van der Waals surface area contributed by atoms with E-state index in [0.29, 0.717) is 12.1 Å². The van der Waals surface area contributed by atoms with E-state index in [1.807, 2.05) is 6.20 Å². The molecule has 17 heavy (non-hydrogen) atoms. The lowest BCUT2D eigenvalue weighted by atomic mass is 9.57. The molecule has 3 atom stereocenters. The Morgan fingerprint density at radius 3 is 3.24 bits per heavy atom. The fourth-order valence-corrected chi connectivity index (χ4v) is 3.52. The van der Waals surface area contributed by atoms with Gasteiger partial charge in [-0.2, -0.15) is 0 Å². The highest BCUT2D eigenvalue weighted by molar-refractivity contribution is 5.11. The van der Waals surface area contributed by atoms with Crippen LogP contribution in [0.25, 0.3) is 0 Å². The van der Waals surface area contributed by atoms with Gasteiger partial charge in [0.1, 0.15) is 0 Å². The highest BCUT2D eigenvalue weighted by Gasteiger charge is 2.58. The predicted octanol–water partition coefficient (Wildman–Crippen LogP) is 1.36. The summed E-state index contributed by atoms with van der Waals surface area (Å²) in [5.41, 5.74) is 1.49. The number of nitrogens with one attached hydrogen (secondary N) is 2. The van der Waals surface area contributed by atoms with Gasteiger partial charge >= 0.3 is 0 Å². The Morgan fingerprint density at radius 1 is 1.59 bits per heavy atom. The summed E-state index contributed by atoms with van der Waals surface area (Å²) >= 11 is 0. The molecule has 2 heterocycles. The van der Waals surface area contributed by atoms with Gasteiger partial charge in [-0.15, -0.1) is 0 Å². The van der Waals surface area contributed by atoms with Crippen molar-refractivity contribution in [3.63, 3.8) is 0 Å². The lowest BCUT2D eigenvalue weighted by molar-refractivity contribution is -0.112. The minimum absolute atomic E-state index is 0.287. The van der Waals surface area contributed by atoms with Crippen LogP contribution in [-0.4, -0.2) is 35.3 Å². The van der Waals surface area contributed by atoms with Crippen molar-refractivity contribution in [2.24, 2.45) is 11.3 Å². The van der Waals surface area contributed by atoms with Crippen molar-refractivity contribution < 1.29 is 4.74 Å². The third kappa shape index (κ3) is 1.79. The Hall–Kier alpha value is -0.870. The van der Waals surface area contributed by atoms with Gasteiger partial charge < -0.3 is 15.0 Å². The number of nitrogens with zero attached hydrogens (tertiary/aromatic N) is 1. The normalized spacial score (nSPS) is 34.4. The maximum Gasteiger partial charge on any atom is 0.0921 e. The van der Waals surface area contributed by atoms with Crippen molar-refractivity contribution in [2.75, 3.05) is 13.2 Å². The molecule has 0 amide bonds. The van der Waals surface area contributed by atoms with E-state index in [2.05, 4.69) is 29.1 Å². The number of ether oxygens (including phenoxy) is 1. The van der Waals surface area contributed by atoms with E-state index in [-0.39, 0.29) is 5.41 Å². The Bertz CT molecular complexity index is 374. The van der Waals surface area contributed by atoms with Crippen molar-refractivity contribution in [1.29, 1.82) is 0 Å². The molecule has 0 aromatic carbocycles. The molecule has 1 saturated carbocycles. The molecule has 3 rings (SSSR count). The van der Waals surface area contributed by atoms with E-state index in [4.69, 9.17) is 4.74 Å². The quantitative estimate of drug-likeness (QED) is 0.828. The SMILES string of the molecule is CC1(C)C(NCCc2cnc[nH]2)C2CCOC21. The first-order chi connectivity index (χ1) is 8.19. The summed E-state index contributed by atoms with van der Waals surface area (Å²) in [6.07, 6.45) is 6.35. The molecule has 1 aliphatic carbocycles. The average molecular weight is 235 g/mol. The van der Waals surface area contributed by atoms with Crippen LogP contribution in [0.15, 0.2) is 12.5 Å². The summed E-state index contributed by atoms with van der Waals surface area (Å²) in [5, 5.41) is 3.69. The van der Waals surface area contributed by atoms with E-state index in [9.17, 15) is 0 Å². The van der Waals surface area contributed by atoms with Crippen LogP contribution in [-0.2, 0) is 11.2 Å². The van der Waals surface area contributed by atoms with Crippen LogP contribution in [0.4, 0.5) is 0 Å². The van der Waals surface area contributed by atoms with Crippen LogP contribution >= 0.6 is 0 Å². The van der Waals surface area contributed by atoms with Crippen molar-refractivity contribution in [3.05, 3.63) is 18.2 Å². The maximum atomic E-state index is 5.79. The summed E-state index contributed by atoms with van der Waals surface area (Å²) in [6, 6.07) is 0.609. The van der Waals surface area contributed by atoms with Crippen molar-refractivity contribution in [1.82, 2.24) is 15.3 Å². The van der Waals surface area contributed by atoms with E-state index < -0.39 is 0 Å². The van der Waals surface area contributed by atoms with Crippen molar-refractivity contribution in [3.8, 4) is 0 Å². The van der Waals surface area contributed by atoms with Gasteiger partial charge in [0.2, 0.25) is 0 Å². The molecule has 0 bridgehead atoms. The van der Waals surface area contributed by atoms with Crippen molar-refractivity contribution in [2.45, 2.75) is 38.8 Å². The zero-order valence-electron chi connectivity index (χ0n) is 10.6. The van der Waals surface area contributed by atoms with Gasteiger partial charge in [0.15, 0.2) is 0 Å². The lowest BCUT2D eigenvalue weighted by Crippen LogP contribution is -2.66. The molecule has 94 valence electrons. The number of hydrogen-bond donors (Lipinski definition) is 2. The molecule has 3 unspecified atom stereocenters. The number of imidazole rings is 1. The van der Waals surface area contributed by atoms with Gasteiger partial charge in [-0.1, -0.05) is 13.8 Å². The molecule has 1 aliphatic heterocycles. The Kier molecular flexibility index (Phi) is 2.71. The zero-order valence-corrected chi connectivity index (χ0v) is 10.6. The summed E-state index contributed by atoms with van der Waals surface area (Å²) < 4.78 is 5.79. The molecule has 2 aliphatic rings. The molecule has 2 fully saturated rings. The van der Waals surface area contributed by atoms with Crippen LogP contribution in [0.5, 0.6) is 0 Å².